The highest BCUT2D eigenvalue weighted by Gasteiger charge is 2.49. The number of carbonyl (C=O) groups excluding carboxylic acids is 6. The van der Waals surface area contributed by atoms with Gasteiger partial charge in [-0.05, 0) is 68.2 Å². The first-order valence-corrected chi connectivity index (χ1v) is 28.6. The second-order valence-electron chi connectivity index (χ2n) is 22.0. The predicted molar refractivity (Wildman–Crippen MR) is 303 cm³/mol. The van der Waals surface area contributed by atoms with Crippen molar-refractivity contribution in [1.82, 2.24) is 25.3 Å². The Kier molecular flexibility index (Phi) is 28.5. The summed E-state index contributed by atoms with van der Waals surface area (Å²) in [6, 6.07) is 10.3. The number of likely N-dealkylation sites (N-methyl/N-ethyl adjacent to an activating group) is 2. The number of aliphatic carboxylic acids is 1. The number of ether oxygens (including phenoxy) is 5. The van der Waals surface area contributed by atoms with Crippen LogP contribution in [0.15, 0.2) is 48.5 Å². The van der Waals surface area contributed by atoms with Crippen LogP contribution in [0.2, 0.25) is 0 Å². The molecule has 2 aromatic rings. The molecule has 0 bridgehead atoms. The molecule has 2 heterocycles. The van der Waals surface area contributed by atoms with E-state index in [-0.39, 0.29) is 53.5 Å². The number of hydrogen-bond donors (Lipinski definition) is 9. The lowest BCUT2D eigenvalue weighted by atomic mass is 9.90. The van der Waals surface area contributed by atoms with Gasteiger partial charge in [-0.15, -0.1) is 0 Å². The number of hydrogen-bond acceptors (Lipinski definition) is 18. The highest BCUT2D eigenvalue weighted by molar-refractivity contribution is 5.91. The summed E-state index contributed by atoms with van der Waals surface area (Å²) in [4.78, 5) is 103. The summed E-state index contributed by atoms with van der Waals surface area (Å²) < 4.78 is 28.8. The summed E-state index contributed by atoms with van der Waals surface area (Å²) >= 11 is 0. The molecule has 14 atom stereocenters. The average molecular weight is 1170 g/mol. The van der Waals surface area contributed by atoms with Gasteiger partial charge >= 0.3 is 12.1 Å². The minimum absolute atomic E-state index is 0.0850. The topological polar surface area (TPSA) is 348 Å². The SMILES string of the molecule is CC[C@H](C)C([C@@H](CC(=O)N1CCC[C@H]1[C@H](OC)[C@@H](C)C(=O)N[C@H](C)[C@@H](O)c1ccccc1)OC)N(C)C(=O)CNC(=O)C(C(C)C)N(C)C(=O)OCc1cc(NC(=O)CCCCCCCON)ccc1OC1OC(C(=O)O)C(O)C(O)C1O. The Hall–Kier alpha value is -6.03. The van der Waals surface area contributed by atoms with Crippen molar-refractivity contribution in [2.24, 2.45) is 23.7 Å². The molecule has 10 N–H and O–H groups in total. The summed E-state index contributed by atoms with van der Waals surface area (Å²) in [5.41, 5.74) is 1.00. The molecule has 0 aliphatic carbocycles. The van der Waals surface area contributed by atoms with Crippen LogP contribution in [0, 0.1) is 17.8 Å². The Morgan fingerprint density at radius 1 is 0.855 bits per heavy atom. The van der Waals surface area contributed by atoms with E-state index in [0.717, 1.165) is 30.6 Å². The van der Waals surface area contributed by atoms with E-state index in [1.165, 1.54) is 44.4 Å². The second-order valence-corrected chi connectivity index (χ2v) is 22.0. The number of carboxylic acid groups (broad SMARTS) is 1. The molecule has 2 fully saturated rings. The number of nitrogens with one attached hydrogen (secondary N) is 3. The van der Waals surface area contributed by atoms with Crippen molar-refractivity contribution in [3.63, 3.8) is 0 Å². The average Bonchev–Trinajstić information content (AvgIpc) is 4.14. The van der Waals surface area contributed by atoms with E-state index >= 15 is 0 Å². The van der Waals surface area contributed by atoms with Crippen molar-refractivity contribution in [2.45, 2.75) is 186 Å². The van der Waals surface area contributed by atoms with Crippen molar-refractivity contribution < 1.29 is 87.6 Å². The Morgan fingerprint density at radius 2 is 1.53 bits per heavy atom. The first-order chi connectivity index (χ1) is 39.4. The maximum absolute atomic E-state index is 14.3. The lowest BCUT2D eigenvalue weighted by Gasteiger charge is -2.39. The molecule has 6 amide bonds. The Labute approximate surface area is 486 Å². The number of aliphatic hydroxyl groups excluding tert-OH is 4. The number of carbonyl (C=O) groups is 7. The standard InChI is InChI=1S/C58H91N7O18/c1-11-34(4)47(42(78-9)30-44(67)65-27-20-23-40(65)52(79-10)35(5)54(73)61-36(6)48(69)37-21-16-15-17-22-37)63(7)45(68)31-60-55(74)46(33(2)3)64(8)58(77)80-32-38-29-39(62-43(66)24-18-13-12-14-19-28-81-59)25-26-41(38)82-57-51(72)49(70)50(71)53(83-57)56(75)76/h15-17,21-22,25-26,29,33-36,40,42,46-53,57,69-72H,11-14,18-20,23-24,27-28,30-32,59H2,1-10H3,(H,60,74)(H,61,73)(H,62,66)(H,75,76)/t34-,35+,36+,40-,42+,46?,47?,48+,49?,50?,51?,52+,53?,57?/m0/s1. The summed E-state index contributed by atoms with van der Waals surface area (Å²) in [6.07, 6.45) is -7.23. The fraction of sp³-hybridized carbons (Fsp3) is 0.672. The first kappa shape index (κ1) is 69.5. The van der Waals surface area contributed by atoms with Crippen molar-refractivity contribution in [1.29, 1.82) is 0 Å². The van der Waals surface area contributed by atoms with Crippen molar-refractivity contribution in [2.75, 3.05) is 53.3 Å². The van der Waals surface area contributed by atoms with Gasteiger partial charge in [-0.1, -0.05) is 90.6 Å². The van der Waals surface area contributed by atoms with Gasteiger partial charge in [0.25, 0.3) is 0 Å². The Balaban J connectivity index is 1.43. The highest BCUT2D eigenvalue weighted by Crippen LogP contribution is 2.32. The molecule has 2 aromatic carbocycles. The molecule has 25 heteroatoms. The molecule has 83 heavy (non-hydrogen) atoms. The first-order valence-electron chi connectivity index (χ1n) is 28.6. The molecule has 0 spiro atoms. The Morgan fingerprint density at radius 3 is 2.16 bits per heavy atom. The van der Waals surface area contributed by atoms with E-state index in [4.69, 9.17) is 29.6 Å². The van der Waals surface area contributed by atoms with Crippen LogP contribution in [0.1, 0.15) is 123 Å². The lowest BCUT2D eigenvalue weighted by Crippen LogP contribution is -2.61. The zero-order valence-corrected chi connectivity index (χ0v) is 49.6. The van der Waals surface area contributed by atoms with Gasteiger partial charge in [-0.25, -0.2) is 15.5 Å². The molecule has 466 valence electrons. The highest BCUT2D eigenvalue weighted by atomic mass is 16.7. The molecular formula is C58H91N7O18. The number of carboxylic acids is 1. The van der Waals surface area contributed by atoms with Crippen molar-refractivity contribution in [3.05, 3.63) is 59.7 Å². The third-order valence-electron chi connectivity index (χ3n) is 15.7. The fourth-order valence-electron chi connectivity index (χ4n) is 10.8. The summed E-state index contributed by atoms with van der Waals surface area (Å²) in [6.45, 7) is 10.5. The zero-order valence-electron chi connectivity index (χ0n) is 49.6. The summed E-state index contributed by atoms with van der Waals surface area (Å²) in [7, 11) is 5.86. The number of likely N-dealkylation sites (tertiary alicyclic amines) is 1. The van der Waals surface area contributed by atoms with Crippen LogP contribution in [-0.2, 0) is 59.2 Å². The summed E-state index contributed by atoms with van der Waals surface area (Å²) in [5, 5.41) is 60.3. The molecule has 0 radical (unpaired) electrons. The van der Waals surface area contributed by atoms with Crippen LogP contribution in [-0.4, -0.2) is 197 Å². The van der Waals surface area contributed by atoms with Crippen LogP contribution >= 0.6 is 0 Å². The van der Waals surface area contributed by atoms with Gasteiger partial charge in [0.1, 0.15) is 36.7 Å². The smallest absolute Gasteiger partial charge is 0.410 e. The lowest BCUT2D eigenvalue weighted by molar-refractivity contribution is -0.271. The Bertz CT molecular complexity index is 2410. The van der Waals surface area contributed by atoms with Crippen LogP contribution < -0.4 is 26.6 Å². The molecule has 2 aliphatic heterocycles. The van der Waals surface area contributed by atoms with Gasteiger partial charge in [0, 0.05) is 52.5 Å². The van der Waals surface area contributed by atoms with E-state index in [1.807, 2.05) is 19.9 Å². The monoisotopic (exact) mass is 1170 g/mol. The number of methoxy groups -OCH3 is 2. The van der Waals surface area contributed by atoms with Gasteiger partial charge in [0.15, 0.2) is 6.10 Å². The van der Waals surface area contributed by atoms with Gasteiger partial charge in [0.05, 0.1) is 61.9 Å². The predicted octanol–water partition coefficient (Wildman–Crippen LogP) is 2.99. The number of aliphatic hydroxyl groups is 4. The molecular weight excluding hydrogens is 1080 g/mol. The second kappa shape index (κ2) is 34.1. The molecule has 2 saturated heterocycles. The van der Waals surface area contributed by atoms with Crippen molar-refractivity contribution in [3.8, 4) is 5.75 Å². The number of rotatable bonds is 33. The quantitative estimate of drug-likeness (QED) is 0.0366. The molecule has 25 nitrogen and oxygen atoms in total. The number of nitrogens with zero attached hydrogens (tertiary/aromatic N) is 3. The zero-order chi connectivity index (χ0) is 61.7. The number of unbranched alkanes of at least 4 members (excludes halogenated alkanes) is 4. The van der Waals surface area contributed by atoms with E-state index in [9.17, 15) is 59.1 Å². The van der Waals surface area contributed by atoms with Crippen LogP contribution in [0.3, 0.4) is 0 Å². The third kappa shape index (κ3) is 19.5. The molecule has 0 aromatic heterocycles. The molecule has 7 unspecified atom stereocenters. The van der Waals surface area contributed by atoms with Crippen LogP contribution in [0.5, 0.6) is 5.75 Å². The molecule has 4 rings (SSSR count). The van der Waals surface area contributed by atoms with E-state index < -0.39 is 122 Å². The van der Waals surface area contributed by atoms with E-state index in [0.29, 0.717) is 44.4 Å². The number of nitrogens with two attached hydrogens (primary N) is 1. The van der Waals surface area contributed by atoms with Crippen LogP contribution in [0.25, 0.3) is 0 Å². The van der Waals surface area contributed by atoms with Crippen LogP contribution in [0.4, 0.5) is 10.5 Å². The number of amides is 6. The van der Waals surface area contributed by atoms with E-state index in [1.54, 1.807) is 63.9 Å². The molecule has 0 saturated carbocycles. The summed E-state index contributed by atoms with van der Waals surface area (Å²) in [5.74, 6) is -0.182. The van der Waals surface area contributed by atoms with Gasteiger partial charge < -0.3 is 79.8 Å². The third-order valence-corrected chi connectivity index (χ3v) is 15.7. The van der Waals surface area contributed by atoms with Gasteiger partial charge in [-0.2, -0.15) is 0 Å². The maximum atomic E-state index is 14.3. The largest absolute Gasteiger partial charge is 0.479 e. The fourth-order valence-corrected chi connectivity index (χ4v) is 10.8. The van der Waals surface area contributed by atoms with E-state index in [2.05, 4.69) is 20.8 Å². The maximum Gasteiger partial charge on any atom is 0.410 e. The number of benzene rings is 2. The van der Waals surface area contributed by atoms with Gasteiger partial charge in [-0.3, -0.25) is 28.9 Å². The normalized spacial score (nSPS) is 21.8. The van der Waals surface area contributed by atoms with Crippen molar-refractivity contribution >= 4 is 47.3 Å². The number of anilines is 1. The minimum Gasteiger partial charge on any atom is -0.479 e. The minimum atomic E-state index is -1.99. The molecule has 2 aliphatic rings. The van der Waals surface area contributed by atoms with Gasteiger partial charge in [0.2, 0.25) is 35.8 Å².